The van der Waals surface area contributed by atoms with Gasteiger partial charge in [-0.25, -0.2) is 4.79 Å². The highest BCUT2D eigenvalue weighted by Crippen LogP contribution is 2.16. The molecular formula is C15H21N3O3. The molecule has 0 saturated carbocycles. The summed E-state index contributed by atoms with van der Waals surface area (Å²) in [5.74, 6) is -0.156. The van der Waals surface area contributed by atoms with Gasteiger partial charge >= 0.3 is 6.03 Å². The first-order chi connectivity index (χ1) is 10.2. The second-order valence-corrected chi connectivity index (χ2v) is 5.09. The fourth-order valence-electron chi connectivity index (χ4n) is 2.47. The van der Waals surface area contributed by atoms with E-state index in [9.17, 15) is 14.7 Å². The number of aliphatic hydroxyl groups excluding tert-OH is 1. The largest absolute Gasteiger partial charge is 0.394 e. The monoisotopic (exact) mass is 291 g/mol. The number of carbonyl (C=O) groups excluding carboxylic acids is 2. The molecule has 114 valence electrons. The summed E-state index contributed by atoms with van der Waals surface area (Å²) in [5, 5.41) is 14.5. The summed E-state index contributed by atoms with van der Waals surface area (Å²) < 4.78 is 0. The average molecular weight is 291 g/mol. The number of para-hydroxylation sites is 1. The number of rotatable bonds is 4. The molecular weight excluding hydrogens is 270 g/mol. The molecule has 2 rings (SSSR count). The second kappa shape index (κ2) is 7.64. The Balaban J connectivity index is 1.79. The number of benzene rings is 1. The van der Waals surface area contributed by atoms with E-state index in [4.69, 9.17) is 0 Å². The van der Waals surface area contributed by atoms with E-state index in [0.29, 0.717) is 12.2 Å². The van der Waals surface area contributed by atoms with Gasteiger partial charge in [-0.2, -0.15) is 0 Å². The van der Waals surface area contributed by atoms with Crippen molar-refractivity contribution in [3.05, 3.63) is 30.3 Å². The molecule has 0 bridgehead atoms. The zero-order valence-electron chi connectivity index (χ0n) is 11.9. The number of likely N-dealkylation sites (tertiary alicyclic amines) is 1. The molecule has 1 aromatic rings. The molecule has 1 unspecified atom stereocenters. The van der Waals surface area contributed by atoms with Crippen molar-refractivity contribution in [1.29, 1.82) is 0 Å². The molecule has 1 fully saturated rings. The summed E-state index contributed by atoms with van der Waals surface area (Å²) >= 11 is 0. The molecule has 6 heteroatoms. The number of anilines is 1. The number of urea groups is 1. The zero-order valence-corrected chi connectivity index (χ0v) is 11.9. The van der Waals surface area contributed by atoms with E-state index >= 15 is 0 Å². The third-order valence-corrected chi connectivity index (χ3v) is 3.59. The van der Waals surface area contributed by atoms with Crippen molar-refractivity contribution in [3.63, 3.8) is 0 Å². The number of piperidine rings is 1. The first kappa shape index (κ1) is 15.3. The maximum atomic E-state index is 12.1. The summed E-state index contributed by atoms with van der Waals surface area (Å²) in [6.07, 6.45) is 2.79. The van der Waals surface area contributed by atoms with Crippen molar-refractivity contribution >= 4 is 17.6 Å². The smallest absolute Gasteiger partial charge is 0.319 e. The van der Waals surface area contributed by atoms with Crippen molar-refractivity contribution in [3.8, 4) is 0 Å². The van der Waals surface area contributed by atoms with Crippen LogP contribution in [-0.4, -0.2) is 47.7 Å². The molecule has 1 atom stereocenters. The third kappa shape index (κ3) is 4.46. The molecule has 0 aromatic heterocycles. The first-order valence-corrected chi connectivity index (χ1v) is 7.21. The van der Waals surface area contributed by atoms with Gasteiger partial charge in [0.1, 0.15) is 0 Å². The highest BCUT2D eigenvalue weighted by atomic mass is 16.3. The van der Waals surface area contributed by atoms with Gasteiger partial charge in [-0.1, -0.05) is 18.2 Å². The standard InChI is InChI=1S/C15H21N3O3/c19-11-13-8-4-5-9-18(13)14(20)10-16-15(21)17-12-6-2-1-3-7-12/h1-3,6-7,13,19H,4-5,8-11H2,(H2,16,17,21). The number of carbonyl (C=O) groups is 2. The van der Waals surface area contributed by atoms with Crippen LogP contribution in [0.1, 0.15) is 19.3 Å². The van der Waals surface area contributed by atoms with Gasteiger partial charge in [0.15, 0.2) is 0 Å². The van der Waals surface area contributed by atoms with E-state index < -0.39 is 6.03 Å². The molecule has 1 heterocycles. The molecule has 3 N–H and O–H groups in total. The highest BCUT2D eigenvalue weighted by molar-refractivity contribution is 5.92. The lowest BCUT2D eigenvalue weighted by atomic mass is 10.0. The van der Waals surface area contributed by atoms with Crippen molar-refractivity contribution in [2.75, 3.05) is 25.0 Å². The number of amides is 3. The lowest BCUT2D eigenvalue weighted by molar-refractivity contribution is -0.134. The molecule has 6 nitrogen and oxygen atoms in total. The van der Waals surface area contributed by atoms with Gasteiger partial charge in [0.25, 0.3) is 0 Å². The Morgan fingerprint density at radius 2 is 2.00 bits per heavy atom. The van der Waals surface area contributed by atoms with E-state index in [2.05, 4.69) is 10.6 Å². The number of aliphatic hydroxyl groups is 1. The Labute approximate surface area is 124 Å². The van der Waals surface area contributed by atoms with Crippen LogP contribution in [0.5, 0.6) is 0 Å². The topological polar surface area (TPSA) is 81.7 Å². The predicted octanol–water partition coefficient (Wildman–Crippen LogP) is 1.18. The molecule has 3 amide bonds. The molecule has 1 aliphatic heterocycles. The molecule has 1 aromatic carbocycles. The van der Waals surface area contributed by atoms with Crippen LogP contribution in [0.3, 0.4) is 0 Å². The fourth-order valence-corrected chi connectivity index (χ4v) is 2.47. The number of nitrogens with zero attached hydrogens (tertiary/aromatic N) is 1. The fraction of sp³-hybridized carbons (Fsp3) is 0.467. The summed E-state index contributed by atoms with van der Waals surface area (Å²) in [7, 11) is 0. The van der Waals surface area contributed by atoms with Crippen LogP contribution in [0.4, 0.5) is 10.5 Å². The van der Waals surface area contributed by atoms with Gasteiger partial charge in [0, 0.05) is 12.2 Å². The average Bonchev–Trinajstić information content (AvgIpc) is 2.53. The summed E-state index contributed by atoms with van der Waals surface area (Å²) in [6, 6.07) is 8.51. The van der Waals surface area contributed by atoms with Crippen LogP contribution < -0.4 is 10.6 Å². The summed E-state index contributed by atoms with van der Waals surface area (Å²) in [5.41, 5.74) is 0.675. The number of nitrogens with one attached hydrogen (secondary N) is 2. The van der Waals surface area contributed by atoms with Crippen LogP contribution in [0, 0.1) is 0 Å². The van der Waals surface area contributed by atoms with E-state index in [1.807, 2.05) is 18.2 Å². The van der Waals surface area contributed by atoms with Crippen LogP contribution in [0.2, 0.25) is 0 Å². The van der Waals surface area contributed by atoms with Crippen LogP contribution in [0.15, 0.2) is 30.3 Å². The van der Waals surface area contributed by atoms with Crippen molar-refractivity contribution in [2.45, 2.75) is 25.3 Å². The third-order valence-electron chi connectivity index (χ3n) is 3.59. The summed E-state index contributed by atoms with van der Waals surface area (Å²) in [6.45, 7) is 0.559. The molecule has 0 spiro atoms. The minimum Gasteiger partial charge on any atom is -0.394 e. The predicted molar refractivity (Wildman–Crippen MR) is 79.9 cm³/mol. The minimum absolute atomic E-state index is 0.0258. The van der Waals surface area contributed by atoms with E-state index in [1.54, 1.807) is 17.0 Å². The molecule has 1 aliphatic rings. The minimum atomic E-state index is -0.410. The molecule has 21 heavy (non-hydrogen) atoms. The Hall–Kier alpha value is -2.08. The normalized spacial score (nSPS) is 18.1. The quantitative estimate of drug-likeness (QED) is 0.779. The van der Waals surface area contributed by atoms with Gasteiger partial charge in [-0.3, -0.25) is 4.79 Å². The van der Waals surface area contributed by atoms with Gasteiger partial charge in [0.2, 0.25) is 5.91 Å². The Morgan fingerprint density at radius 1 is 1.24 bits per heavy atom. The first-order valence-electron chi connectivity index (χ1n) is 7.21. The van der Waals surface area contributed by atoms with Gasteiger partial charge in [0.05, 0.1) is 19.2 Å². The van der Waals surface area contributed by atoms with Crippen LogP contribution in [-0.2, 0) is 4.79 Å². The number of hydrogen-bond acceptors (Lipinski definition) is 3. The van der Waals surface area contributed by atoms with E-state index in [1.165, 1.54) is 0 Å². The van der Waals surface area contributed by atoms with Crippen LogP contribution >= 0.6 is 0 Å². The van der Waals surface area contributed by atoms with Gasteiger partial charge in [-0.05, 0) is 31.4 Å². The lowest BCUT2D eigenvalue weighted by Gasteiger charge is -2.34. The molecule has 0 aliphatic carbocycles. The Kier molecular flexibility index (Phi) is 5.57. The van der Waals surface area contributed by atoms with Gasteiger partial charge < -0.3 is 20.6 Å². The van der Waals surface area contributed by atoms with Crippen LogP contribution in [0.25, 0.3) is 0 Å². The molecule has 1 saturated heterocycles. The van der Waals surface area contributed by atoms with Crippen molar-refractivity contribution < 1.29 is 14.7 Å². The summed E-state index contributed by atoms with van der Waals surface area (Å²) in [4.78, 5) is 25.5. The zero-order chi connectivity index (χ0) is 15.1. The maximum absolute atomic E-state index is 12.1. The molecule has 0 radical (unpaired) electrons. The number of hydrogen-bond donors (Lipinski definition) is 3. The lowest BCUT2D eigenvalue weighted by Crippen LogP contribution is -2.49. The maximum Gasteiger partial charge on any atom is 0.319 e. The second-order valence-electron chi connectivity index (χ2n) is 5.09. The Bertz CT molecular complexity index is 478. The van der Waals surface area contributed by atoms with Gasteiger partial charge in [-0.15, -0.1) is 0 Å². The van der Waals surface area contributed by atoms with Crippen molar-refractivity contribution in [1.82, 2.24) is 10.2 Å². The van der Waals surface area contributed by atoms with E-state index in [-0.39, 0.29) is 25.1 Å². The van der Waals surface area contributed by atoms with Crippen molar-refractivity contribution in [2.24, 2.45) is 0 Å². The Morgan fingerprint density at radius 3 is 2.71 bits per heavy atom. The van der Waals surface area contributed by atoms with E-state index in [0.717, 1.165) is 19.3 Å². The SMILES string of the molecule is O=C(NCC(=O)N1CCCCC1CO)Nc1ccccc1. The highest BCUT2D eigenvalue weighted by Gasteiger charge is 2.25.